The zero-order valence-electron chi connectivity index (χ0n) is 21.6. The molecular weight excluding hydrogens is 564 g/mol. The smallest absolute Gasteiger partial charge is 0.282 e. The number of nitrogens with zero attached hydrogens (tertiary/aromatic N) is 4. The van der Waals surface area contributed by atoms with Crippen molar-refractivity contribution in [2.75, 3.05) is 6.61 Å². The molecule has 4 aromatic rings. The minimum atomic E-state index is -0.440. The second-order valence-electron chi connectivity index (χ2n) is 8.55. The van der Waals surface area contributed by atoms with Crippen LogP contribution in [-0.4, -0.2) is 27.4 Å². The summed E-state index contributed by atoms with van der Waals surface area (Å²) in [5.41, 5.74) is 2.69. The number of allylic oxidation sites excluding steroid dienone is 1. The lowest BCUT2D eigenvalue weighted by atomic mass is 10.1. The number of benzene rings is 3. The third-order valence-corrected chi connectivity index (χ3v) is 6.36. The first-order valence-corrected chi connectivity index (χ1v) is 13.2. The number of aromatic nitrogens is 2. The van der Waals surface area contributed by atoms with Gasteiger partial charge >= 0.3 is 0 Å². The van der Waals surface area contributed by atoms with E-state index in [1.54, 1.807) is 42.6 Å². The highest BCUT2D eigenvalue weighted by Gasteiger charge is 2.15. The van der Waals surface area contributed by atoms with Crippen molar-refractivity contribution in [3.05, 3.63) is 115 Å². The zero-order valence-corrected chi connectivity index (χ0v) is 23.2. The molecule has 0 aliphatic carbocycles. The van der Waals surface area contributed by atoms with Gasteiger partial charge in [-0.25, -0.2) is 4.98 Å². The van der Waals surface area contributed by atoms with Crippen LogP contribution in [0.2, 0.25) is 0 Å². The van der Waals surface area contributed by atoms with Crippen LogP contribution in [0.1, 0.15) is 36.4 Å². The van der Waals surface area contributed by atoms with Gasteiger partial charge in [0.2, 0.25) is 0 Å². The van der Waals surface area contributed by atoms with Gasteiger partial charge in [-0.3, -0.25) is 14.9 Å². The lowest BCUT2D eigenvalue weighted by molar-refractivity contribution is -0.384. The van der Waals surface area contributed by atoms with Crippen molar-refractivity contribution >= 4 is 38.7 Å². The quantitative estimate of drug-likeness (QED) is 0.0887. The number of fused-ring (bicyclic) bond motifs is 1. The number of aryl methyl sites for hydroxylation is 1. The molecule has 1 heterocycles. The van der Waals surface area contributed by atoms with E-state index in [9.17, 15) is 14.9 Å². The van der Waals surface area contributed by atoms with E-state index in [4.69, 9.17) is 9.47 Å². The summed E-state index contributed by atoms with van der Waals surface area (Å²) < 4.78 is 14.1. The molecule has 0 aliphatic rings. The fourth-order valence-corrected chi connectivity index (χ4v) is 4.39. The van der Waals surface area contributed by atoms with Crippen LogP contribution in [-0.2, 0) is 19.4 Å². The summed E-state index contributed by atoms with van der Waals surface area (Å²) in [6, 6.07) is 15.3. The molecule has 0 saturated heterocycles. The molecule has 0 spiro atoms. The molecule has 10 heteroatoms. The Bertz CT molecular complexity index is 1610. The molecule has 0 unspecified atom stereocenters. The Morgan fingerprint density at radius 1 is 1.13 bits per heavy atom. The van der Waals surface area contributed by atoms with Gasteiger partial charge in [0, 0.05) is 28.6 Å². The van der Waals surface area contributed by atoms with Gasteiger partial charge in [-0.1, -0.05) is 28.9 Å². The van der Waals surface area contributed by atoms with Gasteiger partial charge in [0.05, 0.1) is 28.6 Å². The van der Waals surface area contributed by atoms with Crippen molar-refractivity contribution in [3.8, 4) is 11.5 Å². The summed E-state index contributed by atoms with van der Waals surface area (Å²) >= 11 is 3.42. The van der Waals surface area contributed by atoms with E-state index in [1.807, 2.05) is 26.0 Å². The second kappa shape index (κ2) is 12.5. The summed E-state index contributed by atoms with van der Waals surface area (Å²) in [6.45, 7) is 8.26. The van der Waals surface area contributed by atoms with Crippen LogP contribution in [0.3, 0.4) is 0 Å². The molecule has 200 valence electrons. The molecule has 0 N–H and O–H groups in total. The van der Waals surface area contributed by atoms with Gasteiger partial charge in [-0.2, -0.15) is 9.78 Å². The highest BCUT2D eigenvalue weighted by molar-refractivity contribution is 9.10. The molecule has 9 nitrogen and oxygen atoms in total. The van der Waals surface area contributed by atoms with Gasteiger partial charge in [-0.05, 0) is 66.9 Å². The van der Waals surface area contributed by atoms with Crippen LogP contribution >= 0.6 is 15.9 Å². The average molecular weight is 591 g/mol. The Hall–Kier alpha value is -4.31. The van der Waals surface area contributed by atoms with Gasteiger partial charge in [-0.15, -0.1) is 6.58 Å². The molecule has 0 radical (unpaired) electrons. The number of ether oxygens (including phenoxy) is 2. The predicted octanol–water partition coefficient (Wildman–Crippen LogP) is 6.22. The fourth-order valence-electron chi connectivity index (χ4n) is 4.03. The van der Waals surface area contributed by atoms with Crippen molar-refractivity contribution in [3.63, 3.8) is 0 Å². The molecule has 0 saturated carbocycles. The lowest BCUT2D eigenvalue weighted by Gasteiger charge is -2.17. The summed E-state index contributed by atoms with van der Waals surface area (Å²) in [4.78, 5) is 28.4. The monoisotopic (exact) mass is 590 g/mol. The SMILES string of the molecule is C=CCc1cc(C=Nn2c(CC)nc3ccc(Br)cc3c2=O)cc(OCC)c1OCc1ccc([N+](=O)[O-])cc1. The van der Waals surface area contributed by atoms with Gasteiger partial charge in [0.1, 0.15) is 12.4 Å². The molecule has 4 rings (SSSR count). The fraction of sp³-hybridized carbons (Fsp3) is 0.207. The first-order valence-electron chi connectivity index (χ1n) is 12.4. The van der Waals surface area contributed by atoms with Crippen LogP contribution < -0.4 is 15.0 Å². The molecular formula is C29H27BrN4O5. The summed E-state index contributed by atoms with van der Waals surface area (Å²) in [7, 11) is 0. The summed E-state index contributed by atoms with van der Waals surface area (Å²) in [6.07, 6.45) is 4.39. The number of nitro benzene ring substituents is 1. The first-order chi connectivity index (χ1) is 18.8. The zero-order chi connectivity index (χ0) is 27.9. The van der Waals surface area contributed by atoms with E-state index in [0.29, 0.717) is 53.2 Å². The third kappa shape index (κ3) is 6.40. The maximum atomic E-state index is 13.2. The second-order valence-corrected chi connectivity index (χ2v) is 9.47. The van der Waals surface area contributed by atoms with Crippen molar-refractivity contribution in [2.45, 2.75) is 33.3 Å². The third-order valence-electron chi connectivity index (χ3n) is 5.86. The van der Waals surface area contributed by atoms with Crippen LogP contribution in [0, 0.1) is 10.1 Å². The van der Waals surface area contributed by atoms with E-state index < -0.39 is 4.92 Å². The topological polar surface area (TPSA) is 109 Å². The van der Waals surface area contributed by atoms with E-state index in [2.05, 4.69) is 32.6 Å². The number of hydrogen-bond donors (Lipinski definition) is 0. The summed E-state index contributed by atoms with van der Waals surface area (Å²) in [5, 5.41) is 15.9. The van der Waals surface area contributed by atoms with Crippen LogP contribution in [0.25, 0.3) is 10.9 Å². The molecule has 0 fully saturated rings. The van der Waals surface area contributed by atoms with Gasteiger partial charge < -0.3 is 9.47 Å². The number of non-ortho nitro benzene ring substituents is 1. The Morgan fingerprint density at radius 3 is 2.56 bits per heavy atom. The molecule has 0 aliphatic heterocycles. The van der Waals surface area contributed by atoms with E-state index in [0.717, 1.165) is 15.6 Å². The predicted molar refractivity (Wildman–Crippen MR) is 155 cm³/mol. The largest absolute Gasteiger partial charge is 0.490 e. The lowest BCUT2D eigenvalue weighted by Crippen LogP contribution is -2.22. The van der Waals surface area contributed by atoms with Crippen LogP contribution in [0.4, 0.5) is 5.69 Å². The van der Waals surface area contributed by atoms with Crippen LogP contribution in [0.15, 0.2) is 81.6 Å². The van der Waals surface area contributed by atoms with Crippen molar-refractivity contribution in [2.24, 2.45) is 5.10 Å². The van der Waals surface area contributed by atoms with E-state index >= 15 is 0 Å². The standard InChI is InChI=1S/C29H27BrN4O5/c1-4-7-21-14-20(17-31-33-27(5-2)32-25-13-10-22(30)16-24(25)29(33)35)15-26(38-6-3)28(21)39-18-19-8-11-23(12-9-19)34(36)37/h4,8-17H,1,5-7,18H2,2-3H3. The van der Waals surface area contributed by atoms with Crippen LogP contribution in [0.5, 0.6) is 11.5 Å². The normalized spacial score (nSPS) is 11.2. The Morgan fingerprint density at radius 2 is 1.90 bits per heavy atom. The average Bonchev–Trinajstić information content (AvgIpc) is 2.93. The molecule has 0 bridgehead atoms. The summed E-state index contributed by atoms with van der Waals surface area (Å²) in [5.74, 6) is 1.62. The molecule has 39 heavy (non-hydrogen) atoms. The van der Waals surface area contributed by atoms with E-state index in [1.165, 1.54) is 16.8 Å². The maximum Gasteiger partial charge on any atom is 0.282 e. The number of halogens is 1. The maximum absolute atomic E-state index is 13.2. The molecule has 0 atom stereocenters. The van der Waals surface area contributed by atoms with Gasteiger partial charge in [0.15, 0.2) is 11.5 Å². The number of hydrogen-bond acceptors (Lipinski definition) is 7. The Labute approximate surface area is 233 Å². The first kappa shape index (κ1) is 27.7. The minimum absolute atomic E-state index is 0.0179. The van der Waals surface area contributed by atoms with Crippen molar-refractivity contribution in [1.29, 1.82) is 0 Å². The van der Waals surface area contributed by atoms with Crippen molar-refractivity contribution in [1.82, 2.24) is 9.66 Å². The molecule has 3 aromatic carbocycles. The Balaban J connectivity index is 1.70. The molecule has 1 aromatic heterocycles. The van der Waals surface area contributed by atoms with Crippen molar-refractivity contribution < 1.29 is 14.4 Å². The Kier molecular flexibility index (Phi) is 8.88. The molecule has 0 amide bonds. The number of rotatable bonds is 11. The van der Waals surface area contributed by atoms with E-state index in [-0.39, 0.29) is 17.9 Å². The highest BCUT2D eigenvalue weighted by atomic mass is 79.9. The minimum Gasteiger partial charge on any atom is -0.490 e. The highest BCUT2D eigenvalue weighted by Crippen LogP contribution is 2.34. The number of nitro groups is 1. The van der Waals surface area contributed by atoms with Gasteiger partial charge in [0.25, 0.3) is 11.2 Å².